The summed E-state index contributed by atoms with van der Waals surface area (Å²) in [6.45, 7) is 4.26. The zero-order chi connectivity index (χ0) is 18.8. The van der Waals surface area contributed by atoms with Gasteiger partial charge in [-0.2, -0.15) is 0 Å². The Labute approximate surface area is 151 Å². The SMILES string of the molecule is COc1ccc(CNC(=O)C2Cc3cc(C)c(C)cc3O2)cc1C(=O)O. The summed E-state index contributed by atoms with van der Waals surface area (Å²) in [7, 11) is 1.42. The zero-order valence-electron chi connectivity index (χ0n) is 15.0. The highest BCUT2D eigenvalue weighted by atomic mass is 16.5. The Kier molecular flexibility index (Phi) is 4.84. The van der Waals surface area contributed by atoms with Gasteiger partial charge in [-0.3, -0.25) is 4.79 Å². The quantitative estimate of drug-likeness (QED) is 0.861. The lowest BCUT2D eigenvalue weighted by atomic mass is 10.0. The summed E-state index contributed by atoms with van der Waals surface area (Å²) < 4.78 is 10.8. The lowest BCUT2D eigenvalue weighted by molar-refractivity contribution is -0.127. The van der Waals surface area contributed by atoms with E-state index in [1.165, 1.54) is 18.7 Å². The van der Waals surface area contributed by atoms with Crippen LogP contribution in [0.4, 0.5) is 0 Å². The number of carbonyl (C=O) groups is 2. The van der Waals surface area contributed by atoms with Gasteiger partial charge >= 0.3 is 5.97 Å². The zero-order valence-corrected chi connectivity index (χ0v) is 15.0. The van der Waals surface area contributed by atoms with Gasteiger partial charge in [0.25, 0.3) is 5.91 Å². The first kappa shape index (κ1) is 17.8. The number of aryl methyl sites for hydroxylation is 2. The van der Waals surface area contributed by atoms with Crippen molar-refractivity contribution in [3.8, 4) is 11.5 Å². The number of nitrogens with one attached hydrogen (secondary N) is 1. The van der Waals surface area contributed by atoms with Crippen LogP contribution in [0.3, 0.4) is 0 Å². The number of hydrogen-bond acceptors (Lipinski definition) is 4. The van der Waals surface area contributed by atoms with Crippen molar-refractivity contribution in [1.82, 2.24) is 5.32 Å². The number of methoxy groups -OCH3 is 1. The van der Waals surface area contributed by atoms with Crippen LogP contribution < -0.4 is 14.8 Å². The van der Waals surface area contributed by atoms with E-state index in [4.69, 9.17) is 9.47 Å². The normalized spacial score (nSPS) is 15.1. The van der Waals surface area contributed by atoms with Gasteiger partial charge in [-0.15, -0.1) is 0 Å². The van der Waals surface area contributed by atoms with Crippen LogP contribution >= 0.6 is 0 Å². The molecule has 0 aliphatic carbocycles. The first-order valence-corrected chi connectivity index (χ1v) is 8.33. The van der Waals surface area contributed by atoms with Gasteiger partial charge < -0.3 is 19.9 Å². The number of amides is 1. The summed E-state index contributed by atoms with van der Waals surface area (Å²) in [4.78, 5) is 23.7. The lowest BCUT2D eigenvalue weighted by Gasteiger charge is -2.12. The van der Waals surface area contributed by atoms with E-state index >= 15 is 0 Å². The monoisotopic (exact) mass is 355 g/mol. The summed E-state index contributed by atoms with van der Waals surface area (Å²) in [5, 5.41) is 12.0. The van der Waals surface area contributed by atoms with Crippen LogP contribution in [0.5, 0.6) is 11.5 Å². The molecule has 136 valence electrons. The summed E-state index contributed by atoms with van der Waals surface area (Å²) in [5.41, 5.74) is 4.08. The lowest BCUT2D eigenvalue weighted by Crippen LogP contribution is -2.37. The van der Waals surface area contributed by atoms with E-state index in [-0.39, 0.29) is 23.8 Å². The maximum absolute atomic E-state index is 12.4. The number of hydrogen-bond donors (Lipinski definition) is 2. The van der Waals surface area contributed by atoms with Crippen molar-refractivity contribution in [2.75, 3.05) is 7.11 Å². The van der Waals surface area contributed by atoms with Crippen LogP contribution in [0.1, 0.15) is 32.6 Å². The highest BCUT2D eigenvalue weighted by Crippen LogP contribution is 2.31. The van der Waals surface area contributed by atoms with Gasteiger partial charge in [0.2, 0.25) is 0 Å². The van der Waals surface area contributed by atoms with Crippen molar-refractivity contribution in [1.29, 1.82) is 0 Å². The van der Waals surface area contributed by atoms with Crippen molar-refractivity contribution in [3.63, 3.8) is 0 Å². The largest absolute Gasteiger partial charge is 0.496 e. The molecule has 0 spiro atoms. The van der Waals surface area contributed by atoms with Gasteiger partial charge in [0.15, 0.2) is 6.10 Å². The molecule has 6 heteroatoms. The van der Waals surface area contributed by atoms with E-state index in [2.05, 4.69) is 11.4 Å². The molecule has 0 fully saturated rings. The molecule has 1 unspecified atom stereocenters. The molecule has 1 heterocycles. The van der Waals surface area contributed by atoms with E-state index in [9.17, 15) is 14.7 Å². The molecule has 0 saturated heterocycles. The van der Waals surface area contributed by atoms with Gasteiger partial charge in [0.05, 0.1) is 7.11 Å². The number of ether oxygens (including phenoxy) is 2. The molecule has 2 aromatic carbocycles. The Morgan fingerprint density at radius 2 is 1.96 bits per heavy atom. The summed E-state index contributed by atoms with van der Waals surface area (Å²) in [6, 6.07) is 8.82. The van der Waals surface area contributed by atoms with E-state index < -0.39 is 12.1 Å². The molecule has 0 radical (unpaired) electrons. The molecule has 1 atom stereocenters. The molecule has 2 N–H and O–H groups in total. The second kappa shape index (κ2) is 7.07. The van der Waals surface area contributed by atoms with Crippen molar-refractivity contribution in [2.24, 2.45) is 0 Å². The minimum absolute atomic E-state index is 0.0646. The third-order valence-corrected chi connectivity index (χ3v) is 4.60. The fraction of sp³-hybridized carbons (Fsp3) is 0.300. The fourth-order valence-corrected chi connectivity index (χ4v) is 2.99. The Balaban J connectivity index is 1.65. The fourth-order valence-electron chi connectivity index (χ4n) is 2.99. The number of carbonyl (C=O) groups excluding carboxylic acids is 1. The molecule has 2 aromatic rings. The third kappa shape index (κ3) is 3.49. The summed E-state index contributed by atoms with van der Waals surface area (Å²) in [5.74, 6) is -0.252. The van der Waals surface area contributed by atoms with Crippen LogP contribution in [0.2, 0.25) is 0 Å². The third-order valence-electron chi connectivity index (χ3n) is 4.60. The van der Waals surface area contributed by atoms with Crippen LogP contribution in [0, 0.1) is 13.8 Å². The topological polar surface area (TPSA) is 84.9 Å². The summed E-state index contributed by atoms with van der Waals surface area (Å²) in [6.07, 6.45) is -0.0333. The predicted octanol–water partition coefficient (Wildman–Crippen LogP) is 2.63. The van der Waals surface area contributed by atoms with Crippen molar-refractivity contribution in [2.45, 2.75) is 32.9 Å². The van der Waals surface area contributed by atoms with E-state index in [1.807, 2.05) is 19.9 Å². The highest BCUT2D eigenvalue weighted by molar-refractivity contribution is 5.91. The minimum atomic E-state index is -1.07. The van der Waals surface area contributed by atoms with Crippen molar-refractivity contribution in [3.05, 3.63) is 58.1 Å². The Morgan fingerprint density at radius 3 is 2.65 bits per heavy atom. The molecule has 3 rings (SSSR count). The molecule has 26 heavy (non-hydrogen) atoms. The van der Waals surface area contributed by atoms with Crippen LogP contribution in [-0.4, -0.2) is 30.2 Å². The van der Waals surface area contributed by atoms with Crippen LogP contribution in [0.25, 0.3) is 0 Å². The average Bonchev–Trinajstić information content (AvgIpc) is 3.02. The first-order valence-electron chi connectivity index (χ1n) is 8.33. The van der Waals surface area contributed by atoms with Crippen molar-refractivity contribution < 1.29 is 24.2 Å². The van der Waals surface area contributed by atoms with Crippen molar-refractivity contribution >= 4 is 11.9 Å². The number of carboxylic acid groups (broad SMARTS) is 1. The summed E-state index contributed by atoms with van der Waals surface area (Å²) >= 11 is 0. The smallest absolute Gasteiger partial charge is 0.339 e. The van der Waals surface area contributed by atoms with E-state index in [1.54, 1.807) is 12.1 Å². The number of rotatable bonds is 5. The van der Waals surface area contributed by atoms with Crippen LogP contribution in [0.15, 0.2) is 30.3 Å². The van der Waals surface area contributed by atoms with Crippen LogP contribution in [-0.2, 0) is 17.8 Å². The maximum atomic E-state index is 12.4. The Morgan fingerprint density at radius 1 is 1.23 bits per heavy atom. The highest BCUT2D eigenvalue weighted by Gasteiger charge is 2.29. The van der Waals surface area contributed by atoms with E-state index in [0.717, 1.165) is 16.9 Å². The minimum Gasteiger partial charge on any atom is -0.496 e. The molecule has 0 bridgehead atoms. The Bertz CT molecular complexity index is 844. The average molecular weight is 355 g/mol. The van der Waals surface area contributed by atoms with Gasteiger partial charge in [0.1, 0.15) is 17.1 Å². The van der Waals surface area contributed by atoms with Gasteiger partial charge in [-0.1, -0.05) is 12.1 Å². The number of benzene rings is 2. The number of aromatic carboxylic acids is 1. The Hall–Kier alpha value is -3.02. The maximum Gasteiger partial charge on any atom is 0.339 e. The molecule has 6 nitrogen and oxygen atoms in total. The molecule has 1 aliphatic rings. The molecular weight excluding hydrogens is 334 g/mol. The number of carboxylic acids is 1. The molecular formula is C20H21NO5. The van der Waals surface area contributed by atoms with E-state index in [0.29, 0.717) is 12.0 Å². The first-order chi connectivity index (χ1) is 12.4. The second-order valence-electron chi connectivity index (χ2n) is 6.41. The molecule has 0 aromatic heterocycles. The number of fused-ring (bicyclic) bond motifs is 1. The van der Waals surface area contributed by atoms with Gasteiger partial charge in [-0.05, 0) is 54.3 Å². The predicted molar refractivity (Wildman–Crippen MR) is 95.8 cm³/mol. The van der Waals surface area contributed by atoms with Gasteiger partial charge in [-0.25, -0.2) is 4.79 Å². The second-order valence-corrected chi connectivity index (χ2v) is 6.41. The molecule has 1 amide bonds. The standard InChI is InChI=1S/C20H21NO5/c1-11-6-14-9-18(26-17(14)7-12(11)2)19(22)21-10-13-4-5-16(25-3)15(8-13)20(23)24/h4-8,18H,9-10H2,1-3H3,(H,21,22)(H,23,24). The molecule has 0 saturated carbocycles. The molecule has 1 aliphatic heterocycles. The van der Waals surface area contributed by atoms with Gasteiger partial charge in [0, 0.05) is 13.0 Å².